The van der Waals surface area contributed by atoms with Crippen molar-refractivity contribution in [3.8, 4) is 0 Å². The molecule has 32 heavy (non-hydrogen) atoms. The Morgan fingerprint density at radius 2 is 1.69 bits per heavy atom. The first kappa shape index (κ1) is 23.2. The fourth-order valence-corrected chi connectivity index (χ4v) is 4.10. The molecule has 0 saturated heterocycles. The molecule has 10 heteroatoms. The summed E-state index contributed by atoms with van der Waals surface area (Å²) < 4.78 is 25.9. The topological polar surface area (TPSA) is 110 Å². The van der Waals surface area contributed by atoms with Crippen molar-refractivity contribution in [1.29, 1.82) is 0 Å². The van der Waals surface area contributed by atoms with Crippen LogP contribution in [0.15, 0.2) is 66.7 Å². The van der Waals surface area contributed by atoms with Crippen LogP contribution in [0.25, 0.3) is 0 Å². The molecule has 0 heterocycles. The molecule has 0 aliphatic heterocycles. The number of nitrogens with one attached hydrogen (secondary N) is 1. The lowest BCUT2D eigenvalue weighted by molar-refractivity contribution is -0.385. The summed E-state index contributed by atoms with van der Waals surface area (Å²) in [5, 5.41) is 14.3. The Bertz CT molecular complexity index is 1260. The summed E-state index contributed by atoms with van der Waals surface area (Å²) >= 11 is 5.89. The summed E-state index contributed by atoms with van der Waals surface area (Å²) in [6.07, 6.45) is 1.11. The van der Waals surface area contributed by atoms with E-state index in [-0.39, 0.29) is 17.8 Å². The average Bonchev–Trinajstić information content (AvgIpc) is 2.74. The number of nitrogens with zero attached hydrogens (tertiary/aromatic N) is 2. The van der Waals surface area contributed by atoms with Gasteiger partial charge < -0.3 is 5.32 Å². The molecule has 8 nitrogen and oxygen atoms in total. The molecule has 0 aliphatic rings. The highest BCUT2D eigenvalue weighted by Crippen LogP contribution is 2.26. The maximum atomic E-state index is 12.6. The van der Waals surface area contributed by atoms with E-state index >= 15 is 0 Å². The van der Waals surface area contributed by atoms with Gasteiger partial charge in [-0.1, -0.05) is 29.8 Å². The molecule has 0 radical (unpaired) electrons. The summed E-state index contributed by atoms with van der Waals surface area (Å²) in [4.78, 5) is 23.2. The molecule has 0 aliphatic carbocycles. The van der Waals surface area contributed by atoms with Crippen molar-refractivity contribution < 1.29 is 18.1 Å². The van der Waals surface area contributed by atoms with Crippen LogP contribution in [0.5, 0.6) is 0 Å². The Hall–Kier alpha value is -3.43. The lowest BCUT2D eigenvalue weighted by Crippen LogP contribution is -2.29. The van der Waals surface area contributed by atoms with Crippen LogP contribution >= 0.6 is 11.6 Å². The summed E-state index contributed by atoms with van der Waals surface area (Å²) in [6, 6.07) is 17.3. The molecule has 0 bridgehead atoms. The quantitative estimate of drug-likeness (QED) is 0.392. The number of sulfonamides is 1. The summed E-state index contributed by atoms with van der Waals surface area (Å²) in [7, 11) is -3.59. The van der Waals surface area contributed by atoms with Gasteiger partial charge in [-0.05, 0) is 55.0 Å². The van der Waals surface area contributed by atoms with Gasteiger partial charge in [-0.15, -0.1) is 0 Å². The number of anilines is 2. The number of carbonyl (C=O) groups is 1. The lowest BCUT2D eigenvalue weighted by Gasteiger charge is -2.23. The van der Waals surface area contributed by atoms with Crippen molar-refractivity contribution in [2.24, 2.45) is 0 Å². The van der Waals surface area contributed by atoms with Crippen LogP contribution in [0.2, 0.25) is 5.02 Å². The third-order valence-electron chi connectivity index (χ3n) is 4.81. The molecule has 0 fully saturated rings. The van der Waals surface area contributed by atoms with Crippen molar-refractivity contribution in [2.75, 3.05) is 15.9 Å². The normalized spacial score (nSPS) is 11.1. The third-order valence-corrected chi connectivity index (χ3v) is 6.20. The van der Waals surface area contributed by atoms with Gasteiger partial charge in [0, 0.05) is 16.7 Å². The molecular formula is C22H20ClN3O5S. The minimum atomic E-state index is -3.59. The van der Waals surface area contributed by atoms with Gasteiger partial charge in [-0.2, -0.15) is 0 Å². The number of carbonyl (C=O) groups excluding carboxylic acids is 1. The molecule has 0 unspecified atom stereocenters. The number of rotatable bonds is 7. The molecule has 1 N–H and O–H groups in total. The van der Waals surface area contributed by atoms with Crippen molar-refractivity contribution in [1.82, 2.24) is 0 Å². The zero-order valence-electron chi connectivity index (χ0n) is 17.3. The Balaban J connectivity index is 1.82. The number of halogens is 1. The van der Waals surface area contributed by atoms with Gasteiger partial charge in [-0.25, -0.2) is 8.42 Å². The molecule has 0 atom stereocenters. The van der Waals surface area contributed by atoms with E-state index in [0.29, 0.717) is 22.0 Å². The Morgan fingerprint density at radius 3 is 2.25 bits per heavy atom. The van der Waals surface area contributed by atoms with E-state index in [1.54, 1.807) is 37.3 Å². The number of nitro benzene ring substituents is 1. The van der Waals surface area contributed by atoms with Gasteiger partial charge in [0.2, 0.25) is 10.0 Å². The third kappa shape index (κ3) is 5.43. The predicted octanol–water partition coefficient (Wildman–Crippen LogP) is 4.78. The van der Waals surface area contributed by atoms with Gasteiger partial charge in [0.1, 0.15) is 0 Å². The largest absolute Gasteiger partial charge is 0.321 e. The van der Waals surface area contributed by atoms with E-state index in [4.69, 9.17) is 11.6 Å². The van der Waals surface area contributed by atoms with Gasteiger partial charge in [-0.3, -0.25) is 19.2 Å². The van der Waals surface area contributed by atoms with Gasteiger partial charge in [0.05, 0.1) is 34.7 Å². The zero-order valence-corrected chi connectivity index (χ0v) is 18.9. The van der Waals surface area contributed by atoms with Crippen molar-refractivity contribution in [2.45, 2.75) is 13.5 Å². The zero-order chi connectivity index (χ0) is 23.5. The standard InChI is InChI=1S/C22H20ClN3O5S/c1-15-20(4-3-5-21(15)26(28)29)24-22(27)17-8-12-19(13-9-17)25(32(2,30)31)14-16-6-10-18(23)11-7-16/h3-13H,14H2,1-2H3,(H,24,27). The Morgan fingerprint density at radius 1 is 1.06 bits per heavy atom. The molecule has 3 rings (SSSR count). The van der Waals surface area contributed by atoms with Crippen molar-refractivity contribution in [3.05, 3.63) is 98.6 Å². The molecule has 3 aromatic carbocycles. The number of amides is 1. The second-order valence-electron chi connectivity index (χ2n) is 7.10. The molecule has 1 amide bonds. The van der Waals surface area contributed by atoms with Crippen LogP contribution in [0.1, 0.15) is 21.5 Å². The van der Waals surface area contributed by atoms with E-state index < -0.39 is 20.9 Å². The number of nitro groups is 1. The number of hydrogen-bond donors (Lipinski definition) is 1. The van der Waals surface area contributed by atoms with Crippen LogP contribution in [0.4, 0.5) is 17.1 Å². The highest BCUT2D eigenvalue weighted by molar-refractivity contribution is 7.92. The van der Waals surface area contributed by atoms with E-state index in [9.17, 15) is 23.3 Å². The molecule has 3 aromatic rings. The lowest BCUT2D eigenvalue weighted by atomic mass is 10.1. The van der Waals surface area contributed by atoms with E-state index in [2.05, 4.69) is 5.32 Å². The van der Waals surface area contributed by atoms with Crippen molar-refractivity contribution >= 4 is 44.6 Å². The van der Waals surface area contributed by atoms with Crippen LogP contribution in [-0.4, -0.2) is 25.5 Å². The minimum Gasteiger partial charge on any atom is -0.321 e. The van der Waals surface area contributed by atoms with Crippen LogP contribution < -0.4 is 9.62 Å². The van der Waals surface area contributed by atoms with Gasteiger partial charge >= 0.3 is 0 Å². The maximum absolute atomic E-state index is 12.6. The molecule has 166 valence electrons. The second-order valence-corrected chi connectivity index (χ2v) is 9.45. The first-order chi connectivity index (χ1) is 15.1. The van der Waals surface area contributed by atoms with Crippen LogP contribution in [-0.2, 0) is 16.6 Å². The molecule has 0 spiro atoms. The van der Waals surface area contributed by atoms with E-state index in [1.807, 2.05) is 0 Å². The summed E-state index contributed by atoms with van der Waals surface area (Å²) in [5.74, 6) is -0.469. The summed E-state index contributed by atoms with van der Waals surface area (Å²) in [6.45, 7) is 1.66. The fraction of sp³-hybridized carbons (Fsp3) is 0.136. The molecule has 0 aromatic heterocycles. The van der Waals surface area contributed by atoms with Gasteiger partial charge in [0.15, 0.2) is 0 Å². The number of hydrogen-bond acceptors (Lipinski definition) is 5. The first-order valence-electron chi connectivity index (χ1n) is 9.44. The van der Waals surface area contributed by atoms with E-state index in [1.165, 1.54) is 40.7 Å². The van der Waals surface area contributed by atoms with E-state index in [0.717, 1.165) is 11.8 Å². The minimum absolute atomic E-state index is 0.0934. The molecular weight excluding hydrogens is 454 g/mol. The van der Waals surface area contributed by atoms with Crippen LogP contribution in [0, 0.1) is 17.0 Å². The maximum Gasteiger partial charge on any atom is 0.274 e. The Labute approximate surface area is 190 Å². The molecule has 0 saturated carbocycles. The van der Waals surface area contributed by atoms with Crippen LogP contribution in [0.3, 0.4) is 0 Å². The average molecular weight is 474 g/mol. The monoisotopic (exact) mass is 473 g/mol. The first-order valence-corrected chi connectivity index (χ1v) is 11.7. The predicted molar refractivity (Wildman–Crippen MR) is 125 cm³/mol. The summed E-state index contributed by atoms with van der Waals surface area (Å²) in [5.41, 5.74) is 2.00. The SMILES string of the molecule is Cc1c(NC(=O)c2ccc(N(Cc3ccc(Cl)cc3)S(C)(=O)=O)cc2)cccc1[N+](=O)[O-]. The Kier molecular flexibility index (Phi) is 6.81. The fourth-order valence-electron chi connectivity index (χ4n) is 3.09. The van der Waals surface area contributed by atoms with Gasteiger partial charge in [0.25, 0.3) is 11.6 Å². The highest BCUT2D eigenvalue weighted by Gasteiger charge is 2.19. The smallest absolute Gasteiger partial charge is 0.274 e. The number of benzene rings is 3. The second kappa shape index (κ2) is 9.37. The highest BCUT2D eigenvalue weighted by atomic mass is 35.5. The van der Waals surface area contributed by atoms with Crippen molar-refractivity contribution in [3.63, 3.8) is 0 Å².